The first-order valence-electron chi connectivity index (χ1n) is 3.85. The van der Waals surface area contributed by atoms with Gasteiger partial charge >= 0.3 is 0 Å². The highest BCUT2D eigenvalue weighted by atomic mass is 32.2. The fraction of sp³-hybridized carbons (Fsp3) is 0.300. The number of nitrogens with zero attached hydrogens (tertiary/aromatic N) is 1. The molecule has 13 heavy (non-hydrogen) atoms. The van der Waals surface area contributed by atoms with Gasteiger partial charge in [0.1, 0.15) is 11.8 Å². The summed E-state index contributed by atoms with van der Waals surface area (Å²) in [4.78, 5) is 1.00. The summed E-state index contributed by atoms with van der Waals surface area (Å²) in [5.41, 5.74) is 1.74. The van der Waals surface area contributed by atoms with Crippen LogP contribution in [0, 0.1) is 18.3 Å². The van der Waals surface area contributed by atoms with E-state index in [9.17, 15) is 0 Å². The molecule has 0 bridgehead atoms. The van der Waals surface area contributed by atoms with E-state index < -0.39 is 0 Å². The molecule has 1 aromatic carbocycles. The average Bonchev–Trinajstić information content (AvgIpc) is 2.17. The first-order chi connectivity index (χ1) is 6.22. The number of methoxy groups -OCH3 is 1. The Morgan fingerprint density at radius 3 is 2.62 bits per heavy atom. The lowest BCUT2D eigenvalue weighted by atomic mass is 10.1. The zero-order valence-corrected chi connectivity index (χ0v) is 8.73. The van der Waals surface area contributed by atoms with Gasteiger partial charge in [0.15, 0.2) is 0 Å². The molecule has 1 aromatic rings. The Bertz CT molecular complexity index is 355. The summed E-state index contributed by atoms with van der Waals surface area (Å²) in [6.45, 7) is 1.97. The Morgan fingerprint density at radius 1 is 1.46 bits per heavy atom. The quantitative estimate of drug-likeness (QED) is 0.677. The molecule has 0 saturated heterocycles. The lowest BCUT2D eigenvalue weighted by molar-refractivity contribution is 0.411. The molecule has 0 heterocycles. The van der Waals surface area contributed by atoms with Crippen LogP contribution in [0.5, 0.6) is 5.75 Å². The second kappa shape index (κ2) is 4.20. The first-order valence-corrected chi connectivity index (χ1v) is 5.08. The van der Waals surface area contributed by atoms with Gasteiger partial charge in [0.25, 0.3) is 0 Å². The van der Waals surface area contributed by atoms with Crippen molar-refractivity contribution in [2.75, 3.05) is 13.4 Å². The van der Waals surface area contributed by atoms with Crippen LogP contribution in [-0.2, 0) is 0 Å². The van der Waals surface area contributed by atoms with Gasteiger partial charge in [-0.2, -0.15) is 5.26 Å². The SMILES string of the molecule is COc1cc(C#N)c(SC)cc1C. The number of hydrogen-bond acceptors (Lipinski definition) is 3. The Kier molecular flexibility index (Phi) is 3.21. The summed E-state index contributed by atoms with van der Waals surface area (Å²) >= 11 is 1.58. The maximum atomic E-state index is 8.84. The second-order valence-corrected chi connectivity index (χ2v) is 3.48. The van der Waals surface area contributed by atoms with Crippen LogP contribution in [0.1, 0.15) is 11.1 Å². The van der Waals surface area contributed by atoms with Gasteiger partial charge in [-0.05, 0) is 30.9 Å². The van der Waals surface area contributed by atoms with Crippen LogP contribution in [-0.4, -0.2) is 13.4 Å². The third-order valence-electron chi connectivity index (χ3n) is 1.84. The van der Waals surface area contributed by atoms with Crippen molar-refractivity contribution in [1.82, 2.24) is 0 Å². The average molecular weight is 193 g/mol. The van der Waals surface area contributed by atoms with E-state index in [1.807, 2.05) is 19.2 Å². The van der Waals surface area contributed by atoms with E-state index >= 15 is 0 Å². The highest BCUT2D eigenvalue weighted by molar-refractivity contribution is 7.98. The Labute approximate surface area is 82.5 Å². The highest BCUT2D eigenvalue weighted by Crippen LogP contribution is 2.27. The number of hydrogen-bond donors (Lipinski definition) is 0. The predicted molar refractivity (Wildman–Crippen MR) is 54.2 cm³/mol. The fourth-order valence-electron chi connectivity index (χ4n) is 1.14. The summed E-state index contributed by atoms with van der Waals surface area (Å²) in [7, 11) is 1.61. The summed E-state index contributed by atoms with van der Waals surface area (Å²) in [6.07, 6.45) is 1.96. The van der Waals surface area contributed by atoms with Crippen molar-refractivity contribution in [1.29, 1.82) is 5.26 Å². The van der Waals surface area contributed by atoms with Crippen molar-refractivity contribution in [2.45, 2.75) is 11.8 Å². The molecule has 0 unspecified atom stereocenters. The zero-order chi connectivity index (χ0) is 9.84. The van der Waals surface area contributed by atoms with Crippen molar-refractivity contribution >= 4 is 11.8 Å². The molecule has 0 aliphatic rings. The Hall–Kier alpha value is -1.14. The molecule has 3 heteroatoms. The zero-order valence-electron chi connectivity index (χ0n) is 7.92. The molecule has 0 amide bonds. The van der Waals surface area contributed by atoms with Crippen LogP contribution in [0.15, 0.2) is 17.0 Å². The molecule has 0 atom stereocenters. The van der Waals surface area contributed by atoms with Crippen LogP contribution in [0.25, 0.3) is 0 Å². The topological polar surface area (TPSA) is 33.0 Å². The van der Waals surface area contributed by atoms with Crippen LogP contribution in [0.4, 0.5) is 0 Å². The smallest absolute Gasteiger partial charge is 0.123 e. The molecular formula is C10H11NOS. The fourth-order valence-corrected chi connectivity index (χ4v) is 1.76. The lowest BCUT2D eigenvalue weighted by Gasteiger charge is -2.07. The van der Waals surface area contributed by atoms with Gasteiger partial charge in [-0.15, -0.1) is 11.8 Å². The maximum Gasteiger partial charge on any atom is 0.123 e. The predicted octanol–water partition coefficient (Wildman–Crippen LogP) is 2.60. The molecule has 0 aromatic heterocycles. The highest BCUT2D eigenvalue weighted by Gasteiger charge is 2.05. The van der Waals surface area contributed by atoms with Gasteiger partial charge in [0.05, 0.1) is 12.7 Å². The van der Waals surface area contributed by atoms with E-state index in [-0.39, 0.29) is 0 Å². The van der Waals surface area contributed by atoms with Crippen molar-refractivity contribution < 1.29 is 4.74 Å². The van der Waals surface area contributed by atoms with Crippen LogP contribution < -0.4 is 4.74 Å². The molecule has 0 saturated carbocycles. The Morgan fingerprint density at radius 2 is 2.15 bits per heavy atom. The summed E-state index contributed by atoms with van der Waals surface area (Å²) in [5, 5.41) is 8.84. The maximum absolute atomic E-state index is 8.84. The molecule has 0 aliphatic heterocycles. The van der Waals surface area contributed by atoms with Crippen LogP contribution in [0.3, 0.4) is 0 Å². The summed E-state index contributed by atoms with van der Waals surface area (Å²) in [6, 6.07) is 5.90. The van der Waals surface area contributed by atoms with Gasteiger partial charge in [-0.25, -0.2) is 0 Å². The van der Waals surface area contributed by atoms with Crippen molar-refractivity contribution in [2.24, 2.45) is 0 Å². The summed E-state index contributed by atoms with van der Waals surface area (Å²) < 4.78 is 5.13. The number of thioether (sulfide) groups is 1. The number of rotatable bonds is 2. The molecule has 1 rings (SSSR count). The largest absolute Gasteiger partial charge is 0.496 e. The third kappa shape index (κ3) is 1.96. The minimum Gasteiger partial charge on any atom is -0.496 e. The van der Waals surface area contributed by atoms with E-state index in [0.717, 1.165) is 16.2 Å². The van der Waals surface area contributed by atoms with Crippen molar-refractivity contribution in [3.63, 3.8) is 0 Å². The van der Waals surface area contributed by atoms with Crippen molar-refractivity contribution in [3.05, 3.63) is 23.3 Å². The molecule has 0 N–H and O–H groups in total. The molecular weight excluding hydrogens is 182 g/mol. The van der Waals surface area contributed by atoms with E-state index in [0.29, 0.717) is 5.56 Å². The second-order valence-electron chi connectivity index (χ2n) is 2.63. The van der Waals surface area contributed by atoms with Gasteiger partial charge in [0, 0.05) is 4.90 Å². The van der Waals surface area contributed by atoms with E-state index in [4.69, 9.17) is 10.00 Å². The Balaban J connectivity index is 3.28. The van der Waals surface area contributed by atoms with E-state index in [1.165, 1.54) is 0 Å². The minimum atomic E-state index is 0.676. The molecule has 0 aliphatic carbocycles. The van der Waals surface area contributed by atoms with Gasteiger partial charge in [0.2, 0.25) is 0 Å². The number of aryl methyl sites for hydroxylation is 1. The van der Waals surface area contributed by atoms with Gasteiger partial charge in [-0.3, -0.25) is 0 Å². The minimum absolute atomic E-state index is 0.676. The lowest BCUT2D eigenvalue weighted by Crippen LogP contribution is -1.90. The van der Waals surface area contributed by atoms with Crippen LogP contribution >= 0.6 is 11.8 Å². The van der Waals surface area contributed by atoms with Crippen LogP contribution in [0.2, 0.25) is 0 Å². The van der Waals surface area contributed by atoms with E-state index in [1.54, 1.807) is 24.9 Å². The first kappa shape index (κ1) is 9.94. The normalized spacial score (nSPS) is 9.38. The van der Waals surface area contributed by atoms with Gasteiger partial charge in [-0.1, -0.05) is 0 Å². The number of nitriles is 1. The summed E-state index contributed by atoms with van der Waals surface area (Å²) in [5.74, 6) is 0.773. The molecule has 68 valence electrons. The van der Waals surface area contributed by atoms with E-state index in [2.05, 4.69) is 6.07 Å². The molecule has 0 radical (unpaired) electrons. The van der Waals surface area contributed by atoms with Crippen molar-refractivity contribution in [3.8, 4) is 11.8 Å². The third-order valence-corrected chi connectivity index (χ3v) is 2.62. The number of ether oxygens (including phenoxy) is 1. The molecule has 2 nitrogen and oxygen atoms in total. The molecule has 0 fully saturated rings. The monoisotopic (exact) mass is 193 g/mol. The molecule has 0 spiro atoms. The standard InChI is InChI=1S/C10H11NOS/c1-7-4-10(13-3)8(6-11)5-9(7)12-2/h4-5H,1-3H3. The van der Waals surface area contributed by atoms with Gasteiger partial charge < -0.3 is 4.74 Å². The number of benzene rings is 1.